The molecule has 1 N–H and O–H groups in total. The molecule has 6 nitrogen and oxygen atoms in total. The average molecular weight is 395 g/mol. The number of halogens is 1. The van der Waals surface area contributed by atoms with Gasteiger partial charge in [-0.25, -0.2) is 9.97 Å². The Balaban J connectivity index is 1.53. The van der Waals surface area contributed by atoms with Crippen molar-refractivity contribution in [1.29, 1.82) is 0 Å². The zero-order valence-corrected chi connectivity index (χ0v) is 15.3. The van der Waals surface area contributed by atoms with Crippen molar-refractivity contribution in [3.8, 4) is 0 Å². The van der Waals surface area contributed by atoms with Gasteiger partial charge in [0.25, 0.3) is 0 Å². The van der Waals surface area contributed by atoms with Crippen molar-refractivity contribution in [2.75, 3.05) is 38.1 Å². The first-order valence-corrected chi connectivity index (χ1v) is 9.14. The molecule has 122 valence electrons. The summed E-state index contributed by atoms with van der Waals surface area (Å²) in [5.74, 6) is 1.75. The van der Waals surface area contributed by atoms with E-state index in [0.717, 1.165) is 49.1 Å². The van der Waals surface area contributed by atoms with E-state index in [2.05, 4.69) is 57.5 Å². The number of anilines is 1. The summed E-state index contributed by atoms with van der Waals surface area (Å²) in [4.78, 5) is 18.8. The lowest BCUT2D eigenvalue weighted by atomic mass is 10.3. The van der Waals surface area contributed by atoms with Crippen LogP contribution in [0.4, 0.5) is 5.95 Å². The molecule has 0 unspecified atom stereocenters. The van der Waals surface area contributed by atoms with Gasteiger partial charge in [-0.3, -0.25) is 4.99 Å². The third-order valence-corrected chi connectivity index (χ3v) is 5.37. The van der Waals surface area contributed by atoms with Crippen molar-refractivity contribution in [3.63, 3.8) is 0 Å². The fourth-order valence-corrected chi connectivity index (χ4v) is 3.91. The number of piperazine rings is 1. The Labute approximate surface area is 148 Å². The molecule has 1 fully saturated rings. The average Bonchev–Trinajstić information content (AvgIpc) is 3.02. The third kappa shape index (κ3) is 4.20. The molecule has 0 amide bonds. The molecule has 2 aromatic rings. The van der Waals surface area contributed by atoms with Gasteiger partial charge in [0.1, 0.15) is 0 Å². The summed E-state index contributed by atoms with van der Waals surface area (Å²) in [5, 5.41) is 5.53. The molecule has 8 heteroatoms. The standard InChI is InChI=1S/C15H19BrN6S/c1-17-14(20-10-13-9-12(16)11-23-13)21-5-7-22(8-6-21)15-18-3-2-4-19-15/h2-4,9,11H,5-8,10H2,1H3,(H,17,20). The van der Waals surface area contributed by atoms with Gasteiger partial charge in [0.05, 0.1) is 6.54 Å². The number of nitrogens with zero attached hydrogens (tertiary/aromatic N) is 5. The van der Waals surface area contributed by atoms with Crippen LogP contribution in [0.3, 0.4) is 0 Å². The Morgan fingerprint density at radius 2 is 2.04 bits per heavy atom. The molecule has 2 aromatic heterocycles. The first-order valence-electron chi connectivity index (χ1n) is 7.47. The molecule has 0 radical (unpaired) electrons. The SMILES string of the molecule is CN=C(NCc1cc(Br)cs1)N1CCN(c2ncccn2)CC1. The van der Waals surface area contributed by atoms with E-state index in [0.29, 0.717) is 0 Å². The number of thiophene rings is 1. The van der Waals surface area contributed by atoms with Crippen LogP contribution in [0.5, 0.6) is 0 Å². The van der Waals surface area contributed by atoms with Crippen molar-refractivity contribution in [2.45, 2.75) is 6.54 Å². The van der Waals surface area contributed by atoms with Gasteiger partial charge in [0, 0.05) is 60.4 Å². The lowest BCUT2D eigenvalue weighted by molar-refractivity contribution is 0.370. The quantitative estimate of drug-likeness (QED) is 0.638. The van der Waals surface area contributed by atoms with Gasteiger partial charge in [0.15, 0.2) is 5.96 Å². The Morgan fingerprint density at radius 1 is 1.30 bits per heavy atom. The molecule has 0 bridgehead atoms. The van der Waals surface area contributed by atoms with Gasteiger partial charge in [-0.15, -0.1) is 11.3 Å². The molecule has 3 heterocycles. The summed E-state index contributed by atoms with van der Waals surface area (Å²) >= 11 is 5.22. The summed E-state index contributed by atoms with van der Waals surface area (Å²) in [7, 11) is 1.83. The van der Waals surface area contributed by atoms with Gasteiger partial charge < -0.3 is 15.1 Å². The van der Waals surface area contributed by atoms with Gasteiger partial charge in [0.2, 0.25) is 5.95 Å². The van der Waals surface area contributed by atoms with Crippen molar-refractivity contribution in [2.24, 2.45) is 4.99 Å². The highest BCUT2D eigenvalue weighted by Gasteiger charge is 2.20. The van der Waals surface area contributed by atoms with Crippen LogP contribution >= 0.6 is 27.3 Å². The first kappa shape index (κ1) is 16.2. The normalized spacial score (nSPS) is 15.8. The molecule has 23 heavy (non-hydrogen) atoms. The van der Waals surface area contributed by atoms with Gasteiger partial charge >= 0.3 is 0 Å². The van der Waals surface area contributed by atoms with Gasteiger partial charge in [-0.1, -0.05) is 0 Å². The van der Waals surface area contributed by atoms with Crippen molar-refractivity contribution >= 4 is 39.2 Å². The second-order valence-corrected chi connectivity index (χ2v) is 7.07. The molecular formula is C15H19BrN6S. The predicted octanol–water partition coefficient (Wildman–Crippen LogP) is 2.20. The Kier molecular flexibility index (Phi) is 5.45. The van der Waals surface area contributed by atoms with Crippen LogP contribution < -0.4 is 10.2 Å². The summed E-state index contributed by atoms with van der Waals surface area (Å²) in [6.07, 6.45) is 3.57. The number of aromatic nitrogens is 2. The maximum absolute atomic E-state index is 4.41. The van der Waals surface area contributed by atoms with E-state index in [9.17, 15) is 0 Å². The molecule has 0 aromatic carbocycles. The summed E-state index contributed by atoms with van der Waals surface area (Å²) < 4.78 is 1.13. The lowest BCUT2D eigenvalue weighted by Crippen LogP contribution is -2.52. The molecule has 1 aliphatic rings. The van der Waals surface area contributed by atoms with Crippen LogP contribution in [0.1, 0.15) is 4.88 Å². The van der Waals surface area contributed by atoms with E-state index in [1.165, 1.54) is 4.88 Å². The highest BCUT2D eigenvalue weighted by molar-refractivity contribution is 9.10. The Morgan fingerprint density at radius 3 is 2.65 bits per heavy atom. The minimum atomic E-state index is 0.797. The maximum Gasteiger partial charge on any atom is 0.225 e. The maximum atomic E-state index is 4.41. The fraction of sp³-hybridized carbons (Fsp3) is 0.400. The van der Waals surface area contributed by atoms with E-state index in [1.54, 1.807) is 23.7 Å². The van der Waals surface area contributed by atoms with Gasteiger partial charge in [-0.05, 0) is 28.1 Å². The van der Waals surface area contributed by atoms with Crippen LogP contribution in [0, 0.1) is 0 Å². The van der Waals surface area contributed by atoms with Crippen LogP contribution in [-0.2, 0) is 6.54 Å². The summed E-state index contributed by atoms with van der Waals surface area (Å²) in [5.41, 5.74) is 0. The van der Waals surface area contributed by atoms with Crippen molar-refractivity contribution in [3.05, 3.63) is 39.3 Å². The lowest BCUT2D eigenvalue weighted by Gasteiger charge is -2.36. The smallest absolute Gasteiger partial charge is 0.225 e. The number of hydrogen-bond donors (Lipinski definition) is 1. The number of aliphatic imine (C=N–C) groups is 1. The third-order valence-electron chi connectivity index (χ3n) is 3.67. The van der Waals surface area contributed by atoms with Crippen molar-refractivity contribution < 1.29 is 0 Å². The summed E-state index contributed by atoms with van der Waals surface area (Å²) in [6, 6.07) is 3.98. The van der Waals surface area contributed by atoms with Crippen LogP contribution in [-0.4, -0.2) is 54.1 Å². The van der Waals surface area contributed by atoms with E-state index in [4.69, 9.17) is 0 Å². The Bertz CT molecular complexity index is 651. The van der Waals surface area contributed by atoms with E-state index in [1.807, 2.05) is 13.1 Å². The number of rotatable bonds is 3. The molecule has 1 aliphatic heterocycles. The molecular weight excluding hydrogens is 376 g/mol. The molecule has 0 aliphatic carbocycles. The highest BCUT2D eigenvalue weighted by atomic mass is 79.9. The zero-order chi connectivity index (χ0) is 16.1. The number of hydrogen-bond acceptors (Lipinski definition) is 5. The molecule has 1 saturated heterocycles. The zero-order valence-electron chi connectivity index (χ0n) is 12.9. The van der Waals surface area contributed by atoms with Crippen LogP contribution in [0.15, 0.2) is 39.4 Å². The van der Waals surface area contributed by atoms with Crippen molar-refractivity contribution in [1.82, 2.24) is 20.2 Å². The minimum Gasteiger partial charge on any atom is -0.351 e. The Hall–Kier alpha value is -1.67. The second kappa shape index (κ2) is 7.74. The van der Waals surface area contributed by atoms with E-state index < -0.39 is 0 Å². The second-order valence-electron chi connectivity index (χ2n) is 5.15. The highest BCUT2D eigenvalue weighted by Crippen LogP contribution is 2.19. The predicted molar refractivity (Wildman–Crippen MR) is 98.0 cm³/mol. The van der Waals surface area contributed by atoms with Crippen LogP contribution in [0.25, 0.3) is 0 Å². The topological polar surface area (TPSA) is 56.7 Å². The monoisotopic (exact) mass is 394 g/mol. The fourth-order valence-electron chi connectivity index (χ4n) is 2.52. The van der Waals surface area contributed by atoms with Crippen LogP contribution in [0.2, 0.25) is 0 Å². The number of guanidine groups is 1. The molecule has 0 spiro atoms. The van der Waals surface area contributed by atoms with Gasteiger partial charge in [-0.2, -0.15) is 0 Å². The number of nitrogens with one attached hydrogen (secondary N) is 1. The van der Waals surface area contributed by atoms with E-state index in [-0.39, 0.29) is 0 Å². The molecule has 0 atom stereocenters. The minimum absolute atomic E-state index is 0.797. The summed E-state index contributed by atoms with van der Waals surface area (Å²) in [6.45, 7) is 4.41. The first-order chi connectivity index (χ1) is 11.3. The van der Waals surface area contributed by atoms with E-state index >= 15 is 0 Å². The largest absolute Gasteiger partial charge is 0.351 e. The molecule has 3 rings (SSSR count). The molecule has 0 saturated carbocycles.